The van der Waals surface area contributed by atoms with E-state index in [2.05, 4.69) is 4.98 Å². The van der Waals surface area contributed by atoms with Crippen LogP contribution in [0.5, 0.6) is 0 Å². The number of halogens is 4. The van der Waals surface area contributed by atoms with E-state index in [9.17, 15) is 22.8 Å². The first-order valence-corrected chi connectivity index (χ1v) is 6.51. The van der Waals surface area contributed by atoms with Crippen molar-refractivity contribution in [3.63, 3.8) is 0 Å². The normalized spacial score (nSPS) is 14.7. The van der Waals surface area contributed by atoms with Crippen LogP contribution in [-0.4, -0.2) is 28.7 Å². The fourth-order valence-corrected chi connectivity index (χ4v) is 2.62. The lowest BCUT2D eigenvalue weighted by molar-refractivity contribution is -0.141. The molecule has 3 rings (SSSR count). The number of amides is 2. The van der Waals surface area contributed by atoms with Gasteiger partial charge < -0.3 is 4.98 Å². The maximum atomic E-state index is 13.1. The minimum absolute atomic E-state index is 0.0625. The molecule has 0 spiro atoms. The molecule has 1 aromatic carbocycles. The van der Waals surface area contributed by atoms with Crippen LogP contribution in [0.1, 0.15) is 26.4 Å². The Morgan fingerprint density at radius 2 is 1.77 bits per heavy atom. The van der Waals surface area contributed by atoms with Gasteiger partial charge in [0.05, 0.1) is 16.8 Å². The van der Waals surface area contributed by atoms with Crippen molar-refractivity contribution in [2.24, 2.45) is 0 Å². The number of imide groups is 1. The summed E-state index contributed by atoms with van der Waals surface area (Å²) in [5, 5.41) is 0.305. The summed E-state index contributed by atoms with van der Waals surface area (Å²) in [5.41, 5.74) is -1.90. The number of aromatic nitrogens is 1. The molecule has 0 fully saturated rings. The Bertz CT molecular complexity index is 811. The first-order valence-electron chi connectivity index (χ1n) is 6.13. The van der Waals surface area contributed by atoms with Gasteiger partial charge >= 0.3 is 6.18 Å². The molecule has 0 unspecified atom stereocenters. The van der Waals surface area contributed by atoms with Crippen molar-refractivity contribution in [3.8, 4) is 11.3 Å². The summed E-state index contributed by atoms with van der Waals surface area (Å²) in [4.78, 5) is 26.9. The monoisotopic (exact) mass is 328 g/mol. The van der Waals surface area contributed by atoms with Gasteiger partial charge in [0.15, 0.2) is 0 Å². The van der Waals surface area contributed by atoms with Gasteiger partial charge in [-0.2, -0.15) is 13.2 Å². The molecule has 1 aliphatic rings. The minimum Gasteiger partial charge on any atom is -0.350 e. The summed E-state index contributed by atoms with van der Waals surface area (Å²) in [6.45, 7) is 0. The third-order valence-corrected chi connectivity index (χ3v) is 3.67. The molecule has 0 saturated heterocycles. The molecule has 1 aliphatic heterocycles. The summed E-state index contributed by atoms with van der Waals surface area (Å²) < 4.78 is 39.4. The lowest BCUT2D eigenvalue weighted by Gasteiger charge is -2.10. The van der Waals surface area contributed by atoms with Gasteiger partial charge in [0, 0.05) is 17.6 Å². The Hall–Kier alpha value is -2.28. The second kappa shape index (κ2) is 4.61. The lowest BCUT2D eigenvalue weighted by Crippen LogP contribution is -2.26. The number of nitrogens with one attached hydrogen (secondary N) is 1. The average molecular weight is 329 g/mol. The fraction of sp³-hybridized carbons (Fsp3) is 0.143. The molecule has 0 bridgehead atoms. The molecule has 0 radical (unpaired) electrons. The zero-order valence-corrected chi connectivity index (χ0v) is 11.8. The lowest BCUT2D eigenvalue weighted by atomic mass is 10.1. The van der Waals surface area contributed by atoms with Gasteiger partial charge in [-0.15, -0.1) is 0 Å². The van der Waals surface area contributed by atoms with E-state index in [0.29, 0.717) is 15.5 Å². The van der Waals surface area contributed by atoms with Gasteiger partial charge in [-0.3, -0.25) is 14.5 Å². The molecular formula is C14H8ClF3N2O2. The number of H-pyrrole nitrogens is 1. The van der Waals surface area contributed by atoms with Crippen molar-refractivity contribution in [2.45, 2.75) is 6.18 Å². The maximum Gasteiger partial charge on any atom is 0.432 e. The van der Waals surface area contributed by atoms with Gasteiger partial charge in [-0.05, 0) is 12.1 Å². The van der Waals surface area contributed by atoms with E-state index in [-0.39, 0.29) is 11.3 Å². The van der Waals surface area contributed by atoms with E-state index in [4.69, 9.17) is 11.6 Å². The van der Waals surface area contributed by atoms with Crippen molar-refractivity contribution in [1.29, 1.82) is 0 Å². The van der Waals surface area contributed by atoms with Gasteiger partial charge in [-0.25, -0.2) is 0 Å². The van der Waals surface area contributed by atoms with Gasteiger partial charge in [0.2, 0.25) is 0 Å². The number of nitrogens with zero attached hydrogens (tertiary/aromatic N) is 1. The van der Waals surface area contributed by atoms with Crippen molar-refractivity contribution in [3.05, 3.63) is 46.1 Å². The average Bonchev–Trinajstić information content (AvgIpc) is 2.93. The quantitative estimate of drug-likeness (QED) is 0.813. The van der Waals surface area contributed by atoms with E-state index in [1.165, 1.54) is 12.1 Å². The van der Waals surface area contributed by atoms with Crippen LogP contribution in [-0.2, 0) is 6.18 Å². The van der Waals surface area contributed by atoms with Crippen LogP contribution in [0.4, 0.5) is 13.2 Å². The van der Waals surface area contributed by atoms with E-state index in [0.717, 1.165) is 7.05 Å². The van der Waals surface area contributed by atoms with Crippen molar-refractivity contribution < 1.29 is 22.8 Å². The van der Waals surface area contributed by atoms with Crippen LogP contribution in [0.2, 0.25) is 5.02 Å². The molecule has 114 valence electrons. The smallest absolute Gasteiger partial charge is 0.350 e. The Kier molecular flexibility index (Phi) is 3.07. The molecule has 1 aromatic heterocycles. The molecule has 4 nitrogen and oxygen atoms in total. The zero-order valence-electron chi connectivity index (χ0n) is 11.1. The number of alkyl halides is 3. The number of carbonyl (C=O) groups excluding carboxylic acids is 2. The van der Waals surface area contributed by atoms with Crippen LogP contribution in [0.25, 0.3) is 11.3 Å². The zero-order chi connectivity index (χ0) is 16.2. The van der Waals surface area contributed by atoms with Gasteiger partial charge in [0.1, 0.15) is 5.69 Å². The first kappa shape index (κ1) is 14.6. The third-order valence-electron chi connectivity index (χ3n) is 3.43. The summed E-state index contributed by atoms with van der Waals surface area (Å²) >= 11 is 5.84. The predicted octanol–water partition coefficient (Wildman–Crippen LogP) is 3.58. The Labute approximate surface area is 127 Å². The topological polar surface area (TPSA) is 53.2 Å². The summed E-state index contributed by atoms with van der Waals surface area (Å²) in [7, 11) is 1.15. The molecule has 2 amide bonds. The van der Waals surface area contributed by atoms with Gasteiger partial charge in [0.25, 0.3) is 11.8 Å². The number of carbonyl (C=O) groups is 2. The highest BCUT2D eigenvalue weighted by Crippen LogP contribution is 2.41. The summed E-state index contributed by atoms with van der Waals surface area (Å²) in [6, 6.07) is 6.03. The van der Waals surface area contributed by atoms with E-state index >= 15 is 0 Å². The van der Waals surface area contributed by atoms with E-state index in [1.807, 2.05) is 0 Å². The Morgan fingerprint density at radius 1 is 1.14 bits per heavy atom. The summed E-state index contributed by atoms with van der Waals surface area (Å²) in [6.07, 6.45) is -4.78. The van der Waals surface area contributed by atoms with Crippen LogP contribution >= 0.6 is 11.6 Å². The summed E-state index contributed by atoms with van der Waals surface area (Å²) in [5.74, 6) is -1.75. The molecule has 1 N–H and O–H groups in total. The number of rotatable bonds is 1. The SMILES string of the molecule is CN1C(=O)c2c(-c3cccc(Cl)c3)[nH]c(C(F)(F)F)c2C1=O. The maximum absolute atomic E-state index is 13.1. The third kappa shape index (κ3) is 2.00. The first-order chi connectivity index (χ1) is 10.2. The second-order valence-electron chi connectivity index (χ2n) is 4.80. The highest BCUT2D eigenvalue weighted by Gasteiger charge is 2.47. The Morgan fingerprint density at radius 3 is 2.36 bits per heavy atom. The molecule has 0 aliphatic carbocycles. The second-order valence-corrected chi connectivity index (χ2v) is 5.24. The van der Waals surface area contributed by atoms with Crippen molar-refractivity contribution in [2.75, 3.05) is 7.05 Å². The molecule has 8 heteroatoms. The minimum atomic E-state index is -4.78. The number of aromatic amines is 1. The van der Waals surface area contributed by atoms with Crippen molar-refractivity contribution in [1.82, 2.24) is 9.88 Å². The van der Waals surface area contributed by atoms with Crippen LogP contribution in [0.15, 0.2) is 24.3 Å². The van der Waals surface area contributed by atoms with Crippen molar-refractivity contribution >= 4 is 23.4 Å². The van der Waals surface area contributed by atoms with E-state index < -0.39 is 29.2 Å². The number of hydrogen-bond donors (Lipinski definition) is 1. The van der Waals surface area contributed by atoms with Crippen LogP contribution in [0.3, 0.4) is 0 Å². The molecule has 0 saturated carbocycles. The standard InChI is InChI=1S/C14H8ClF3N2O2/c1-20-12(21)8-9(13(20)22)11(14(16,17)18)19-10(8)6-3-2-4-7(15)5-6/h2-5,19H,1H3. The van der Waals surface area contributed by atoms with Crippen LogP contribution in [0, 0.1) is 0 Å². The fourth-order valence-electron chi connectivity index (χ4n) is 2.43. The number of fused-ring (bicyclic) bond motifs is 1. The van der Waals surface area contributed by atoms with E-state index in [1.54, 1.807) is 12.1 Å². The van der Waals surface area contributed by atoms with Crippen LogP contribution < -0.4 is 0 Å². The molecule has 2 aromatic rings. The highest BCUT2D eigenvalue weighted by atomic mass is 35.5. The Balaban J connectivity index is 2.33. The largest absolute Gasteiger partial charge is 0.432 e. The van der Waals surface area contributed by atoms with Gasteiger partial charge in [-0.1, -0.05) is 23.7 Å². The number of benzene rings is 1. The molecule has 0 atom stereocenters. The number of hydrogen-bond acceptors (Lipinski definition) is 2. The highest BCUT2D eigenvalue weighted by molar-refractivity contribution is 6.31. The molecule has 2 heterocycles. The predicted molar refractivity (Wildman–Crippen MR) is 72.7 cm³/mol. The molecular weight excluding hydrogens is 321 g/mol. The molecule has 22 heavy (non-hydrogen) atoms.